The van der Waals surface area contributed by atoms with Gasteiger partial charge in [-0.05, 0) is 43.0 Å². The molecule has 31 heavy (non-hydrogen) atoms. The molecule has 0 atom stereocenters. The van der Waals surface area contributed by atoms with Gasteiger partial charge in [0.2, 0.25) is 10.0 Å². The Morgan fingerprint density at radius 2 is 1.58 bits per heavy atom. The maximum absolute atomic E-state index is 13.1. The Morgan fingerprint density at radius 3 is 2.26 bits per heavy atom. The molecule has 2 aromatic carbocycles. The summed E-state index contributed by atoms with van der Waals surface area (Å²) in [6.45, 7) is 4.80. The highest BCUT2D eigenvalue weighted by molar-refractivity contribution is 7.89. The van der Waals surface area contributed by atoms with Crippen LogP contribution in [0.1, 0.15) is 28.8 Å². The SMILES string of the molecule is O=C(c1cc(S(=O)(=O)N2CCCC2)ccc1Cl)N1CCN(CCc2ccccc2)CC1. The summed E-state index contributed by atoms with van der Waals surface area (Å²) in [5.41, 5.74) is 1.57. The molecule has 2 heterocycles. The van der Waals surface area contributed by atoms with E-state index in [1.165, 1.54) is 28.1 Å². The van der Waals surface area contributed by atoms with Gasteiger partial charge in [0.25, 0.3) is 5.91 Å². The van der Waals surface area contributed by atoms with Crippen molar-refractivity contribution in [2.24, 2.45) is 0 Å². The first-order valence-corrected chi connectivity index (χ1v) is 12.6. The molecule has 2 saturated heterocycles. The lowest BCUT2D eigenvalue weighted by molar-refractivity contribution is 0.0638. The average Bonchev–Trinajstić information content (AvgIpc) is 3.34. The molecule has 0 saturated carbocycles. The van der Waals surface area contributed by atoms with Gasteiger partial charge in [-0.1, -0.05) is 41.9 Å². The van der Waals surface area contributed by atoms with Crippen LogP contribution in [0.25, 0.3) is 0 Å². The molecule has 0 N–H and O–H groups in total. The van der Waals surface area contributed by atoms with E-state index in [0.29, 0.717) is 26.2 Å². The van der Waals surface area contributed by atoms with Gasteiger partial charge in [-0.3, -0.25) is 9.69 Å². The molecule has 1 amide bonds. The van der Waals surface area contributed by atoms with Crippen molar-refractivity contribution < 1.29 is 13.2 Å². The van der Waals surface area contributed by atoms with Crippen molar-refractivity contribution in [1.29, 1.82) is 0 Å². The van der Waals surface area contributed by atoms with Crippen LogP contribution in [0.3, 0.4) is 0 Å². The van der Waals surface area contributed by atoms with Crippen molar-refractivity contribution in [3.05, 3.63) is 64.7 Å². The van der Waals surface area contributed by atoms with Crippen molar-refractivity contribution >= 4 is 27.5 Å². The summed E-state index contributed by atoms with van der Waals surface area (Å²) in [6.07, 6.45) is 2.72. The number of rotatable bonds is 6. The van der Waals surface area contributed by atoms with Crippen molar-refractivity contribution in [3.8, 4) is 0 Å². The molecule has 0 radical (unpaired) electrons. The third-order valence-corrected chi connectivity index (χ3v) is 8.31. The number of hydrogen-bond acceptors (Lipinski definition) is 4. The van der Waals surface area contributed by atoms with Crippen LogP contribution >= 0.6 is 11.6 Å². The average molecular weight is 462 g/mol. The molecule has 4 rings (SSSR count). The number of carbonyl (C=O) groups is 1. The van der Waals surface area contributed by atoms with Gasteiger partial charge in [0.1, 0.15) is 0 Å². The highest BCUT2D eigenvalue weighted by atomic mass is 35.5. The van der Waals surface area contributed by atoms with Crippen LogP contribution in [0.2, 0.25) is 5.02 Å². The monoisotopic (exact) mass is 461 g/mol. The van der Waals surface area contributed by atoms with Gasteiger partial charge in [-0.15, -0.1) is 0 Å². The van der Waals surface area contributed by atoms with E-state index in [0.717, 1.165) is 38.9 Å². The van der Waals surface area contributed by atoms with Gasteiger partial charge in [-0.25, -0.2) is 8.42 Å². The molecule has 0 bridgehead atoms. The smallest absolute Gasteiger partial charge is 0.255 e. The normalized spacial score (nSPS) is 18.4. The summed E-state index contributed by atoms with van der Waals surface area (Å²) >= 11 is 6.30. The van der Waals surface area contributed by atoms with Gasteiger partial charge in [0.05, 0.1) is 15.5 Å². The summed E-state index contributed by atoms with van der Waals surface area (Å²) in [6, 6.07) is 14.8. The third-order valence-electron chi connectivity index (χ3n) is 6.09. The van der Waals surface area contributed by atoms with Crippen LogP contribution in [0, 0.1) is 0 Å². The first-order valence-electron chi connectivity index (χ1n) is 10.8. The molecule has 6 nitrogen and oxygen atoms in total. The van der Waals surface area contributed by atoms with E-state index in [1.807, 2.05) is 18.2 Å². The van der Waals surface area contributed by atoms with Crippen molar-refractivity contribution in [1.82, 2.24) is 14.1 Å². The predicted octanol–water partition coefficient (Wildman–Crippen LogP) is 3.13. The maximum Gasteiger partial charge on any atom is 0.255 e. The minimum absolute atomic E-state index is 0.142. The first-order chi connectivity index (χ1) is 14.9. The Balaban J connectivity index is 1.39. The first kappa shape index (κ1) is 22.3. The zero-order valence-electron chi connectivity index (χ0n) is 17.5. The highest BCUT2D eigenvalue weighted by Crippen LogP contribution is 2.26. The van der Waals surface area contributed by atoms with Gasteiger partial charge in [0, 0.05) is 45.8 Å². The number of benzene rings is 2. The molecule has 0 aromatic heterocycles. The summed E-state index contributed by atoms with van der Waals surface area (Å²) < 4.78 is 27.2. The van der Waals surface area contributed by atoms with E-state index >= 15 is 0 Å². The minimum Gasteiger partial charge on any atom is -0.336 e. The molecule has 0 unspecified atom stereocenters. The van der Waals surface area contributed by atoms with Crippen molar-refractivity contribution in [3.63, 3.8) is 0 Å². The van der Waals surface area contributed by atoms with Crippen molar-refractivity contribution in [2.75, 3.05) is 45.8 Å². The number of hydrogen-bond donors (Lipinski definition) is 0. The number of halogens is 1. The molecule has 2 aromatic rings. The van der Waals surface area contributed by atoms with E-state index in [-0.39, 0.29) is 21.4 Å². The zero-order chi connectivity index (χ0) is 21.8. The number of amides is 1. The van der Waals surface area contributed by atoms with Crippen LogP contribution < -0.4 is 0 Å². The van der Waals surface area contributed by atoms with Gasteiger partial charge >= 0.3 is 0 Å². The maximum atomic E-state index is 13.1. The van der Waals surface area contributed by atoms with E-state index in [4.69, 9.17) is 11.6 Å². The third kappa shape index (κ3) is 5.12. The Kier molecular flexibility index (Phi) is 6.96. The Labute approximate surface area is 189 Å². The molecular weight excluding hydrogens is 434 g/mol. The molecule has 2 aliphatic heterocycles. The Bertz CT molecular complexity index is 1020. The molecule has 0 aliphatic carbocycles. The van der Waals surface area contributed by atoms with Crippen LogP contribution in [-0.2, 0) is 16.4 Å². The molecule has 2 fully saturated rings. The molecule has 0 spiro atoms. The standard InChI is InChI=1S/C23H28ClN3O3S/c24-22-9-8-20(31(29,30)27-11-4-5-12-27)18-21(22)23(28)26-16-14-25(15-17-26)13-10-19-6-2-1-3-7-19/h1-3,6-9,18H,4-5,10-17H2. The fourth-order valence-corrected chi connectivity index (χ4v) is 5.93. The largest absolute Gasteiger partial charge is 0.336 e. The summed E-state index contributed by atoms with van der Waals surface area (Å²) in [5, 5.41) is 0.289. The Morgan fingerprint density at radius 1 is 0.903 bits per heavy atom. The molecule has 166 valence electrons. The lowest BCUT2D eigenvalue weighted by Gasteiger charge is -2.35. The van der Waals surface area contributed by atoms with Crippen LogP contribution in [-0.4, -0.2) is 74.2 Å². The second kappa shape index (κ2) is 9.69. The van der Waals surface area contributed by atoms with E-state index in [2.05, 4.69) is 17.0 Å². The summed E-state index contributed by atoms with van der Waals surface area (Å²) in [4.78, 5) is 17.4. The van der Waals surface area contributed by atoms with E-state index < -0.39 is 10.0 Å². The predicted molar refractivity (Wildman–Crippen MR) is 122 cm³/mol. The lowest BCUT2D eigenvalue weighted by atomic mass is 10.1. The minimum atomic E-state index is -3.59. The number of piperazine rings is 1. The summed E-state index contributed by atoms with van der Waals surface area (Å²) in [7, 11) is -3.59. The Hall–Kier alpha value is -1.93. The zero-order valence-corrected chi connectivity index (χ0v) is 19.1. The molecule has 8 heteroatoms. The van der Waals surface area contributed by atoms with Gasteiger partial charge in [0.15, 0.2) is 0 Å². The van der Waals surface area contributed by atoms with Gasteiger partial charge < -0.3 is 4.90 Å². The number of carbonyl (C=O) groups excluding carboxylic acids is 1. The van der Waals surface area contributed by atoms with Crippen molar-refractivity contribution in [2.45, 2.75) is 24.2 Å². The van der Waals surface area contributed by atoms with E-state index in [1.54, 1.807) is 4.90 Å². The highest BCUT2D eigenvalue weighted by Gasteiger charge is 2.29. The van der Waals surface area contributed by atoms with E-state index in [9.17, 15) is 13.2 Å². The van der Waals surface area contributed by atoms with Gasteiger partial charge in [-0.2, -0.15) is 4.31 Å². The van der Waals surface area contributed by atoms with Crippen LogP contribution in [0.15, 0.2) is 53.4 Å². The number of nitrogens with zero attached hydrogens (tertiary/aromatic N) is 3. The second-order valence-electron chi connectivity index (χ2n) is 8.12. The number of sulfonamides is 1. The quantitative estimate of drug-likeness (QED) is 0.663. The topological polar surface area (TPSA) is 60.9 Å². The summed E-state index contributed by atoms with van der Waals surface area (Å²) in [5.74, 6) is -0.203. The molecule has 2 aliphatic rings. The van der Waals surface area contributed by atoms with Crippen LogP contribution in [0.5, 0.6) is 0 Å². The lowest BCUT2D eigenvalue weighted by Crippen LogP contribution is -2.49. The fraction of sp³-hybridized carbons (Fsp3) is 0.435. The molecular formula is C23H28ClN3O3S. The fourth-order valence-electron chi connectivity index (χ4n) is 4.18. The van der Waals surface area contributed by atoms with Crippen LogP contribution in [0.4, 0.5) is 0 Å². The second-order valence-corrected chi connectivity index (χ2v) is 10.5.